The fourth-order valence-electron chi connectivity index (χ4n) is 4.02. The summed E-state index contributed by atoms with van der Waals surface area (Å²) in [6.07, 6.45) is 35.3. The molecule has 2 nitrogen and oxygen atoms in total. The van der Waals surface area contributed by atoms with E-state index < -0.39 is 0 Å². The standard InChI is InChI=1S/C26H48N2/c1-2-3-4-5-6-7-8-9-10-11-12-13-14-15-16-17-18-19-20-21-22-26-25-27-23-24-28-26/h23-25H,2-22H2,1H3. The van der Waals surface area contributed by atoms with Gasteiger partial charge < -0.3 is 0 Å². The average Bonchev–Trinajstić information content (AvgIpc) is 2.73. The average molecular weight is 389 g/mol. The first-order chi connectivity index (χ1) is 13.9. The van der Waals surface area contributed by atoms with Crippen molar-refractivity contribution in [1.82, 2.24) is 9.97 Å². The van der Waals surface area contributed by atoms with Gasteiger partial charge >= 0.3 is 0 Å². The van der Waals surface area contributed by atoms with Crippen LogP contribution in [0.3, 0.4) is 0 Å². The van der Waals surface area contributed by atoms with E-state index in [1.807, 2.05) is 6.20 Å². The third-order valence-corrected chi connectivity index (χ3v) is 5.90. The van der Waals surface area contributed by atoms with Gasteiger partial charge in [-0.05, 0) is 12.8 Å². The molecule has 1 aromatic heterocycles. The summed E-state index contributed by atoms with van der Waals surface area (Å²) in [5, 5.41) is 0. The lowest BCUT2D eigenvalue weighted by Crippen LogP contribution is -1.90. The van der Waals surface area contributed by atoms with E-state index in [2.05, 4.69) is 16.9 Å². The highest BCUT2D eigenvalue weighted by atomic mass is 14.8. The Kier molecular flexibility index (Phi) is 18.7. The zero-order valence-electron chi connectivity index (χ0n) is 19.0. The normalized spacial score (nSPS) is 11.2. The van der Waals surface area contributed by atoms with Crippen molar-refractivity contribution in [2.45, 2.75) is 142 Å². The Hall–Kier alpha value is -0.920. The first-order valence-electron chi connectivity index (χ1n) is 12.7. The summed E-state index contributed by atoms with van der Waals surface area (Å²) in [5.74, 6) is 0. The number of aryl methyl sites for hydroxylation is 1. The van der Waals surface area contributed by atoms with Crippen LogP contribution in [-0.4, -0.2) is 9.97 Å². The van der Waals surface area contributed by atoms with E-state index in [0.29, 0.717) is 0 Å². The molecule has 0 N–H and O–H groups in total. The molecule has 0 bridgehead atoms. The highest BCUT2D eigenvalue weighted by Crippen LogP contribution is 2.15. The van der Waals surface area contributed by atoms with E-state index in [9.17, 15) is 0 Å². The zero-order valence-corrected chi connectivity index (χ0v) is 19.0. The molecule has 0 radical (unpaired) electrons. The van der Waals surface area contributed by atoms with Crippen molar-refractivity contribution in [2.24, 2.45) is 0 Å². The van der Waals surface area contributed by atoms with Gasteiger partial charge in [0.25, 0.3) is 0 Å². The highest BCUT2D eigenvalue weighted by molar-refractivity contribution is 4.94. The number of nitrogens with zero attached hydrogens (tertiary/aromatic N) is 2. The number of rotatable bonds is 21. The van der Waals surface area contributed by atoms with Gasteiger partial charge in [0, 0.05) is 18.6 Å². The molecule has 0 aliphatic rings. The Balaban J connectivity index is 1.67. The topological polar surface area (TPSA) is 25.8 Å². The molecule has 0 aromatic carbocycles. The quantitative estimate of drug-likeness (QED) is 0.196. The number of hydrogen-bond acceptors (Lipinski definition) is 2. The maximum Gasteiger partial charge on any atom is 0.0586 e. The number of unbranched alkanes of at least 4 members (excludes halogenated alkanes) is 19. The minimum atomic E-state index is 1.09. The van der Waals surface area contributed by atoms with E-state index in [4.69, 9.17) is 0 Å². The van der Waals surface area contributed by atoms with Gasteiger partial charge in [0.1, 0.15) is 0 Å². The SMILES string of the molecule is CCCCCCCCCCCCCCCCCCCCCCc1cnccn1. The molecule has 0 atom stereocenters. The molecule has 1 heterocycles. The largest absolute Gasteiger partial charge is 0.261 e. The maximum atomic E-state index is 4.34. The summed E-state index contributed by atoms with van der Waals surface area (Å²) in [6, 6.07) is 0. The van der Waals surface area contributed by atoms with Crippen LogP contribution in [0.1, 0.15) is 141 Å². The molecule has 0 fully saturated rings. The molecule has 1 rings (SSSR count). The first kappa shape index (κ1) is 25.1. The smallest absolute Gasteiger partial charge is 0.0586 e. The van der Waals surface area contributed by atoms with Gasteiger partial charge in [-0.1, -0.05) is 129 Å². The molecule has 0 aliphatic carbocycles. The predicted octanol–water partition coefficient (Wildman–Crippen LogP) is 8.84. The lowest BCUT2D eigenvalue weighted by Gasteiger charge is -2.04. The minimum absolute atomic E-state index is 1.09. The number of hydrogen-bond donors (Lipinski definition) is 0. The van der Waals surface area contributed by atoms with Gasteiger partial charge in [0.05, 0.1) is 5.69 Å². The van der Waals surface area contributed by atoms with Crippen LogP contribution in [0.5, 0.6) is 0 Å². The molecule has 1 aromatic rings. The van der Waals surface area contributed by atoms with E-state index in [1.165, 1.54) is 128 Å². The molecule has 0 aliphatic heterocycles. The lowest BCUT2D eigenvalue weighted by molar-refractivity contribution is 0.521. The Bertz CT molecular complexity index is 404. The van der Waals surface area contributed by atoms with Crippen molar-refractivity contribution >= 4 is 0 Å². The zero-order chi connectivity index (χ0) is 20.0. The summed E-state index contributed by atoms with van der Waals surface area (Å²) in [4.78, 5) is 8.46. The van der Waals surface area contributed by atoms with Crippen molar-refractivity contribution in [1.29, 1.82) is 0 Å². The van der Waals surface area contributed by atoms with Gasteiger partial charge in [-0.25, -0.2) is 0 Å². The highest BCUT2D eigenvalue weighted by Gasteiger charge is 1.96. The van der Waals surface area contributed by atoms with Crippen molar-refractivity contribution in [3.05, 3.63) is 24.3 Å². The predicted molar refractivity (Wildman–Crippen MR) is 124 cm³/mol. The van der Waals surface area contributed by atoms with Crippen LogP contribution in [0, 0.1) is 0 Å². The van der Waals surface area contributed by atoms with Crippen LogP contribution in [0.25, 0.3) is 0 Å². The minimum Gasteiger partial charge on any atom is -0.261 e. The fourth-order valence-corrected chi connectivity index (χ4v) is 4.02. The molecule has 0 saturated heterocycles. The Morgan fingerprint density at radius 2 is 0.893 bits per heavy atom. The van der Waals surface area contributed by atoms with Gasteiger partial charge in [-0.3, -0.25) is 9.97 Å². The molecule has 0 saturated carbocycles. The fraction of sp³-hybridized carbons (Fsp3) is 0.846. The van der Waals surface area contributed by atoms with E-state index >= 15 is 0 Å². The second-order valence-corrected chi connectivity index (χ2v) is 8.66. The molecular formula is C26H48N2. The molecule has 0 unspecified atom stereocenters. The van der Waals surface area contributed by atoms with Crippen LogP contribution in [0.15, 0.2) is 18.6 Å². The molecule has 2 heteroatoms. The molecular weight excluding hydrogens is 340 g/mol. The van der Waals surface area contributed by atoms with Crippen LogP contribution in [0.4, 0.5) is 0 Å². The van der Waals surface area contributed by atoms with E-state index in [1.54, 1.807) is 12.4 Å². The second kappa shape index (κ2) is 20.8. The molecule has 162 valence electrons. The first-order valence-corrected chi connectivity index (χ1v) is 12.7. The van der Waals surface area contributed by atoms with Gasteiger partial charge in [-0.15, -0.1) is 0 Å². The van der Waals surface area contributed by atoms with Crippen molar-refractivity contribution in [3.8, 4) is 0 Å². The molecule has 28 heavy (non-hydrogen) atoms. The van der Waals surface area contributed by atoms with E-state index in [-0.39, 0.29) is 0 Å². The van der Waals surface area contributed by atoms with Crippen LogP contribution < -0.4 is 0 Å². The van der Waals surface area contributed by atoms with Gasteiger partial charge in [0.2, 0.25) is 0 Å². The second-order valence-electron chi connectivity index (χ2n) is 8.66. The monoisotopic (exact) mass is 388 g/mol. The van der Waals surface area contributed by atoms with Crippen LogP contribution in [0.2, 0.25) is 0 Å². The summed E-state index contributed by atoms with van der Waals surface area (Å²) in [6.45, 7) is 2.30. The Morgan fingerprint density at radius 1 is 0.500 bits per heavy atom. The maximum absolute atomic E-state index is 4.34. The lowest BCUT2D eigenvalue weighted by atomic mass is 10.0. The van der Waals surface area contributed by atoms with Crippen molar-refractivity contribution in [3.63, 3.8) is 0 Å². The third kappa shape index (κ3) is 17.2. The van der Waals surface area contributed by atoms with Crippen molar-refractivity contribution in [2.75, 3.05) is 0 Å². The third-order valence-electron chi connectivity index (χ3n) is 5.90. The summed E-state index contributed by atoms with van der Waals surface area (Å²) < 4.78 is 0. The van der Waals surface area contributed by atoms with E-state index in [0.717, 1.165) is 12.1 Å². The number of aromatic nitrogens is 2. The van der Waals surface area contributed by atoms with Gasteiger partial charge in [0.15, 0.2) is 0 Å². The Labute approximate surface area is 176 Å². The molecule has 0 amide bonds. The van der Waals surface area contributed by atoms with Gasteiger partial charge in [-0.2, -0.15) is 0 Å². The van der Waals surface area contributed by atoms with Crippen LogP contribution in [-0.2, 0) is 6.42 Å². The summed E-state index contributed by atoms with van der Waals surface area (Å²) in [5.41, 5.74) is 1.14. The summed E-state index contributed by atoms with van der Waals surface area (Å²) >= 11 is 0. The van der Waals surface area contributed by atoms with Crippen LogP contribution >= 0.6 is 0 Å². The summed E-state index contributed by atoms with van der Waals surface area (Å²) in [7, 11) is 0. The molecule has 0 spiro atoms. The Morgan fingerprint density at radius 3 is 1.25 bits per heavy atom. The van der Waals surface area contributed by atoms with Crippen molar-refractivity contribution < 1.29 is 0 Å².